The lowest BCUT2D eigenvalue weighted by Crippen LogP contribution is -2.45. The van der Waals surface area contributed by atoms with Gasteiger partial charge in [-0.1, -0.05) is 12.8 Å². The molecule has 0 amide bonds. The minimum atomic E-state index is 0. The number of nitrogens with zero attached hydrogens (tertiary/aromatic N) is 5. The van der Waals surface area contributed by atoms with E-state index in [0.717, 1.165) is 56.3 Å². The standard InChI is InChI=1S/C21H39N7O.HI/c1-4-29-13-7-11-22-21(23-14-20-26-25-17(2)27(20)3)24-19-10-12-28(16-19)15-18-8-5-6-9-18;/h18-19H,4-16H2,1-3H3,(H2,22,23,24);1H. The molecule has 3 rings (SSSR count). The fourth-order valence-electron chi connectivity index (χ4n) is 4.28. The third kappa shape index (κ3) is 7.96. The van der Waals surface area contributed by atoms with Crippen LogP contribution < -0.4 is 10.6 Å². The summed E-state index contributed by atoms with van der Waals surface area (Å²) in [4.78, 5) is 7.42. The van der Waals surface area contributed by atoms with Crippen LogP contribution in [0.25, 0.3) is 0 Å². The van der Waals surface area contributed by atoms with Crippen molar-refractivity contribution >= 4 is 29.9 Å². The first-order chi connectivity index (χ1) is 14.2. The molecule has 1 unspecified atom stereocenters. The second kappa shape index (κ2) is 13.5. The maximum Gasteiger partial charge on any atom is 0.191 e. The van der Waals surface area contributed by atoms with Gasteiger partial charge in [-0.25, -0.2) is 4.99 Å². The Bertz CT molecular complexity index is 645. The maximum absolute atomic E-state index is 5.45. The quantitative estimate of drug-likeness (QED) is 0.208. The van der Waals surface area contributed by atoms with E-state index in [2.05, 4.69) is 25.7 Å². The van der Waals surface area contributed by atoms with Crippen LogP contribution >= 0.6 is 24.0 Å². The molecule has 0 aromatic carbocycles. The summed E-state index contributed by atoms with van der Waals surface area (Å²) in [6.07, 6.45) is 7.82. The Balaban J connectivity index is 0.00000320. The SMILES string of the molecule is CCOCCCNC(=NCc1nnc(C)n1C)NC1CCN(CC2CCCC2)C1.I. The Kier molecular flexibility index (Phi) is 11.4. The lowest BCUT2D eigenvalue weighted by atomic mass is 10.1. The molecule has 1 saturated heterocycles. The molecular formula is C21H40IN7O. The lowest BCUT2D eigenvalue weighted by Gasteiger charge is -2.21. The molecule has 0 bridgehead atoms. The largest absolute Gasteiger partial charge is 0.382 e. The highest BCUT2D eigenvalue weighted by Crippen LogP contribution is 2.26. The van der Waals surface area contributed by atoms with Crippen molar-refractivity contribution in [1.82, 2.24) is 30.3 Å². The van der Waals surface area contributed by atoms with Gasteiger partial charge >= 0.3 is 0 Å². The number of nitrogens with one attached hydrogen (secondary N) is 2. The molecule has 1 atom stereocenters. The average Bonchev–Trinajstić information content (AvgIpc) is 3.45. The summed E-state index contributed by atoms with van der Waals surface area (Å²) in [6, 6.07) is 0.454. The molecule has 1 saturated carbocycles. The van der Waals surface area contributed by atoms with Gasteiger partial charge in [0.05, 0.1) is 0 Å². The van der Waals surface area contributed by atoms with Crippen molar-refractivity contribution in [2.45, 2.75) is 65.0 Å². The van der Waals surface area contributed by atoms with Crippen molar-refractivity contribution in [2.24, 2.45) is 18.0 Å². The Morgan fingerprint density at radius 3 is 2.73 bits per heavy atom. The van der Waals surface area contributed by atoms with E-state index in [1.807, 2.05) is 25.5 Å². The second-order valence-electron chi connectivity index (χ2n) is 8.40. The number of ether oxygens (including phenoxy) is 1. The Morgan fingerprint density at radius 2 is 2.03 bits per heavy atom. The summed E-state index contributed by atoms with van der Waals surface area (Å²) >= 11 is 0. The molecule has 2 aliphatic rings. The molecule has 1 aliphatic heterocycles. The lowest BCUT2D eigenvalue weighted by molar-refractivity contribution is 0.145. The van der Waals surface area contributed by atoms with Crippen LogP contribution in [0, 0.1) is 12.8 Å². The number of guanidine groups is 1. The van der Waals surface area contributed by atoms with Crippen molar-refractivity contribution in [3.05, 3.63) is 11.6 Å². The van der Waals surface area contributed by atoms with E-state index in [1.54, 1.807) is 0 Å². The van der Waals surface area contributed by atoms with E-state index >= 15 is 0 Å². The zero-order valence-electron chi connectivity index (χ0n) is 18.9. The van der Waals surface area contributed by atoms with Gasteiger partial charge in [0, 0.05) is 52.5 Å². The van der Waals surface area contributed by atoms with E-state index in [9.17, 15) is 0 Å². The first kappa shape index (κ1) is 25.3. The van der Waals surface area contributed by atoms with Gasteiger partial charge in [0.15, 0.2) is 11.8 Å². The highest BCUT2D eigenvalue weighted by molar-refractivity contribution is 14.0. The molecule has 1 aliphatic carbocycles. The van der Waals surface area contributed by atoms with Gasteiger partial charge in [-0.3, -0.25) is 0 Å². The van der Waals surface area contributed by atoms with Crippen LogP contribution in [-0.2, 0) is 18.3 Å². The third-order valence-corrected chi connectivity index (χ3v) is 6.13. The molecule has 172 valence electrons. The minimum absolute atomic E-state index is 0. The third-order valence-electron chi connectivity index (χ3n) is 6.13. The maximum atomic E-state index is 5.45. The van der Waals surface area contributed by atoms with Gasteiger partial charge in [-0.15, -0.1) is 34.2 Å². The van der Waals surface area contributed by atoms with Crippen molar-refractivity contribution in [3.63, 3.8) is 0 Å². The van der Waals surface area contributed by atoms with Crippen molar-refractivity contribution in [1.29, 1.82) is 0 Å². The second-order valence-corrected chi connectivity index (χ2v) is 8.40. The summed E-state index contributed by atoms with van der Waals surface area (Å²) in [7, 11) is 1.99. The number of rotatable bonds is 10. The van der Waals surface area contributed by atoms with Gasteiger partial charge in [0.2, 0.25) is 0 Å². The zero-order valence-corrected chi connectivity index (χ0v) is 21.2. The monoisotopic (exact) mass is 533 g/mol. The number of aromatic nitrogens is 3. The summed E-state index contributed by atoms with van der Waals surface area (Å²) < 4.78 is 7.44. The van der Waals surface area contributed by atoms with Crippen molar-refractivity contribution in [2.75, 3.05) is 39.4 Å². The minimum Gasteiger partial charge on any atom is -0.382 e. The van der Waals surface area contributed by atoms with E-state index < -0.39 is 0 Å². The molecule has 2 N–H and O–H groups in total. The van der Waals surface area contributed by atoms with Crippen LogP contribution in [0.1, 0.15) is 57.1 Å². The summed E-state index contributed by atoms with van der Waals surface area (Å²) in [5.41, 5.74) is 0. The van der Waals surface area contributed by atoms with Crippen molar-refractivity contribution in [3.8, 4) is 0 Å². The number of aliphatic imine (C=N–C) groups is 1. The summed E-state index contributed by atoms with van der Waals surface area (Å²) in [6.45, 7) is 10.5. The molecule has 0 spiro atoms. The predicted molar refractivity (Wildman–Crippen MR) is 131 cm³/mol. The smallest absolute Gasteiger partial charge is 0.191 e. The highest BCUT2D eigenvalue weighted by Gasteiger charge is 2.26. The molecule has 0 radical (unpaired) electrons. The number of hydrogen-bond donors (Lipinski definition) is 2. The van der Waals surface area contributed by atoms with Crippen LogP contribution in [0.4, 0.5) is 0 Å². The normalized spacial score (nSPS) is 20.5. The van der Waals surface area contributed by atoms with Crippen LogP contribution in [0.5, 0.6) is 0 Å². The predicted octanol–water partition coefficient (Wildman–Crippen LogP) is 2.47. The van der Waals surface area contributed by atoms with Crippen LogP contribution in [-0.4, -0.2) is 71.1 Å². The number of halogens is 1. The summed E-state index contributed by atoms with van der Waals surface area (Å²) in [5.74, 6) is 3.58. The van der Waals surface area contributed by atoms with E-state index in [-0.39, 0.29) is 24.0 Å². The van der Waals surface area contributed by atoms with Crippen LogP contribution in [0.3, 0.4) is 0 Å². The molecule has 1 aromatic rings. The number of hydrogen-bond acceptors (Lipinski definition) is 5. The molecule has 2 fully saturated rings. The van der Waals surface area contributed by atoms with Crippen molar-refractivity contribution < 1.29 is 4.74 Å². The molecule has 30 heavy (non-hydrogen) atoms. The zero-order chi connectivity index (χ0) is 20.5. The summed E-state index contributed by atoms with van der Waals surface area (Å²) in [5, 5.41) is 15.5. The molecule has 1 aromatic heterocycles. The van der Waals surface area contributed by atoms with Gasteiger partial charge in [-0.05, 0) is 45.4 Å². The Hall–Kier alpha value is -0.940. The fourth-order valence-corrected chi connectivity index (χ4v) is 4.28. The molecule has 9 heteroatoms. The van der Waals surface area contributed by atoms with E-state index in [1.165, 1.54) is 45.2 Å². The number of likely N-dealkylation sites (tertiary alicyclic amines) is 1. The van der Waals surface area contributed by atoms with Crippen LogP contribution in [0.2, 0.25) is 0 Å². The Morgan fingerprint density at radius 1 is 1.23 bits per heavy atom. The van der Waals surface area contributed by atoms with Gasteiger partial charge in [0.25, 0.3) is 0 Å². The van der Waals surface area contributed by atoms with E-state index in [0.29, 0.717) is 12.6 Å². The topological polar surface area (TPSA) is 79.6 Å². The Labute approximate surface area is 198 Å². The van der Waals surface area contributed by atoms with Gasteiger partial charge < -0.3 is 24.8 Å². The fraction of sp³-hybridized carbons (Fsp3) is 0.857. The first-order valence-electron chi connectivity index (χ1n) is 11.4. The van der Waals surface area contributed by atoms with Crippen LogP contribution in [0.15, 0.2) is 4.99 Å². The number of aryl methyl sites for hydroxylation is 1. The molecule has 2 heterocycles. The van der Waals surface area contributed by atoms with E-state index in [4.69, 9.17) is 9.73 Å². The van der Waals surface area contributed by atoms with Gasteiger partial charge in [-0.2, -0.15) is 0 Å². The molecule has 8 nitrogen and oxygen atoms in total. The highest BCUT2D eigenvalue weighted by atomic mass is 127. The van der Waals surface area contributed by atoms with Gasteiger partial charge in [0.1, 0.15) is 12.4 Å². The molecular weight excluding hydrogens is 493 g/mol. The average molecular weight is 534 g/mol. The first-order valence-corrected chi connectivity index (χ1v) is 11.4.